The fraction of sp³-hybridized carbons (Fsp3) is 0.167. The van der Waals surface area contributed by atoms with Crippen LogP contribution in [0, 0.1) is 19.3 Å². The van der Waals surface area contributed by atoms with Crippen LogP contribution < -0.4 is 5.73 Å². The molecule has 0 aliphatic carbocycles. The first-order valence-electron chi connectivity index (χ1n) is 7.03. The van der Waals surface area contributed by atoms with E-state index in [-0.39, 0.29) is 6.04 Å². The highest BCUT2D eigenvalue weighted by molar-refractivity contribution is 6.34. The van der Waals surface area contributed by atoms with Crippen molar-refractivity contribution < 1.29 is 0 Å². The fourth-order valence-electron chi connectivity index (χ4n) is 2.77. The number of aryl methyl sites for hydroxylation is 1. The van der Waals surface area contributed by atoms with Crippen molar-refractivity contribution in [3.8, 4) is 23.6 Å². The van der Waals surface area contributed by atoms with Gasteiger partial charge in [0.2, 0.25) is 0 Å². The van der Waals surface area contributed by atoms with E-state index in [2.05, 4.69) is 10.9 Å². The Morgan fingerprint density at radius 1 is 1.32 bits per heavy atom. The fourth-order valence-corrected chi connectivity index (χ4v) is 3.06. The molecule has 22 heavy (non-hydrogen) atoms. The van der Waals surface area contributed by atoms with Gasteiger partial charge in [-0.1, -0.05) is 41.9 Å². The smallest absolute Gasteiger partial charge is 0.140 e. The summed E-state index contributed by atoms with van der Waals surface area (Å²) in [5, 5.41) is 0.570. The standard InChI is InChI=1S/C18H16ClN3/c1-4-16-18-15(19)10-14(11(2)20)17(22(18)12(3)21-16)13-8-6-5-7-9-13/h1,5-11H,20H2,2-3H3. The van der Waals surface area contributed by atoms with Crippen LogP contribution in [-0.2, 0) is 0 Å². The van der Waals surface area contributed by atoms with E-state index in [4.69, 9.17) is 23.8 Å². The van der Waals surface area contributed by atoms with E-state index in [1.54, 1.807) is 0 Å². The number of hydrogen-bond donors (Lipinski definition) is 1. The Kier molecular flexibility index (Phi) is 3.66. The lowest BCUT2D eigenvalue weighted by Crippen LogP contribution is -2.10. The van der Waals surface area contributed by atoms with Crippen LogP contribution in [0.4, 0.5) is 0 Å². The molecule has 3 aromatic rings. The van der Waals surface area contributed by atoms with Gasteiger partial charge in [0.25, 0.3) is 0 Å². The van der Waals surface area contributed by atoms with Crippen LogP contribution in [0.5, 0.6) is 0 Å². The molecule has 0 spiro atoms. The van der Waals surface area contributed by atoms with Gasteiger partial charge in [-0.05, 0) is 37.0 Å². The van der Waals surface area contributed by atoms with E-state index in [1.807, 2.05) is 54.6 Å². The van der Waals surface area contributed by atoms with Gasteiger partial charge in [-0.3, -0.25) is 4.40 Å². The number of hydrogen-bond acceptors (Lipinski definition) is 2. The first-order valence-corrected chi connectivity index (χ1v) is 7.41. The predicted octanol–water partition coefficient (Wildman–Crippen LogP) is 3.96. The second kappa shape index (κ2) is 5.49. The molecule has 3 nitrogen and oxygen atoms in total. The van der Waals surface area contributed by atoms with Crippen LogP contribution in [0.3, 0.4) is 0 Å². The van der Waals surface area contributed by atoms with Crippen LogP contribution in [0.25, 0.3) is 16.8 Å². The monoisotopic (exact) mass is 309 g/mol. The quantitative estimate of drug-likeness (QED) is 0.728. The molecule has 0 aliphatic heterocycles. The van der Waals surface area contributed by atoms with Gasteiger partial charge in [-0.25, -0.2) is 4.98 Å². The zero-order valence-corrected chi connectivity index (χ0v) is 13.2. The second-order valence-electron chi connectivity index (χ2n) is 5.29. The number of nitrogens with zero attached hydrogens (tertiary/aromatic N) is 2. The van der Waals surface area contributed by atoms with E-state index in [9.17, 15) is 0 Å². The number of pyridine rings is 1. The molecule has 2 N–H and O–H groups in total. The maximum atomic E-state index is 6.45. The van der Waals surface area contributed by atoms with Gasteiger partial charge in [-0.2, -0.15) is 0 Å². The van der Waals surface area contributed by atoms with E-state index in [0.29, 0.717) is 10.7 Å². The van der Waals surface area contributed by atoms with Crippen molar-refractivity contribution in [2.24, 2.45) is 5.73 Å². The van der Waals surface area contributed by atoms with Crippen molar-refractivity contribution in [1.29, 1.82) is 0 Å². The molecular weight excluding hydrogens is 294 g/mol. The van der Waals surface area contributed by atoms with Crippen molar-refractivity contribution in [3.05, 3.63) is 58.5 Å². The van der Waals surface area contributed by atoms with Crippen molar-refractivity contribution in [2.45, 2.75) is 19.9 Å². The van der Waals surface area contributed by atoms with Crippen LogP contribution in [0.15, 0.2) is 36.4 Å². The SMILES string of the molecule is C#Cc1nc(C)n2c(-c3ccccc3)c(C(C)N)cc(Cl)c12. The minimum absolute atomic E-state index is 0.159. The van der Waals surface area contributed by atoms with Crippen LogP contribution in [0.2, 0.25) is 5.02 Å². The number of halogens is 1. The van der Waals surface area contributed by atoms with Crippen molar-refractivity contribution in [1.82, 2.24) is 9.38 Å². The summed E-state index contributed by atoms with van der Waals surface area (Å²) in [4.78, 5) is 4.46. The van der Waals surface area contributed by atoms with Gasteiger partial charge in [-0.15, -0.1) is 6.42 Å². The Balaban J connectivity index is 2.52. The molecule has 0 amide bonds. The molecule has 0 radical (unpaired) electrons. The van der Waals surface area contributed by atoms with E-state index >= 15 is 0 Å². The van der Waals surface area contributed by atoms with Crippen LogP contribution >= 0.6 is 11.6 Å². The van der Waals surface area contributed by atoms with E-state index in [0.717, 1.165) is 28.2 Å². The minimum Gasteiger partial charge on any atom is -0.324 e. The summed E-state index contributed by atoms with van der Waals surface area (Å²) < 4.78 is 2.01. The first kappa shape index (κ1) is 14.6. The molecule has 0 fully saturated rings. The molecule has 0 saturated carbocycles. The Hall–Kier alpha value is -2.28. The Morgan fingerprint density at radius 2 is 2.00 bits per heavy atom. The molecule has 0 aliphatic rings. The molecule has 1 unspecified atom stereocenters. The molecule has 4 heteroatoms. The predicted molar refractivity (Wildman–Crippen MR) is 90.9 cm³/mol. The highest BCUT2D eigenvalue weighted by Crippen LogP contribution is 2.35. The summed E-state index contributed by atoms with van der Waals surface area (Å²) >= 11 is 6.45. The summed E-state index contributed by atoms with van der Waals surface area (Å²) in [6, 6.07) is 11.8. The molecule has 0 bridgehead atoms. The van der Waals surface area contributed by atoms with Crippen LogP contribution in [0.1, 0.15) is 30.0 Å². The number of aromatic nitrogens is 2. The van der Waals surface area contributed by atoms with Gasteiger partial charge in [0.05, 0.1) is 10.7 Å². The molecule has 2 heterocycles. The second-order valence-corrected chi connectivity index (χ2v) is 5.69. The number of fused-ring (bicyclic) bond motifs is 1. The molecule has 110 valence electrons. The zero-order chi connectivity index (χ0) is 15.9. The van der Waals surface area contributed by atoms with Crippen molar-refractivity contribution >= 4 is 17.1 Å². The number of nitrogens with two attached hydrogens (primary N) is 1. The summed E-state index contributed by atoms with van der Waals surface area (Å²) in [6.45, 7) is 3.86. The van der Waals surface area contributed by atoms with Crippen molar-refractivity contribution in [2.75, 3.05) is 0 Å². The van der Waals surface area contributed by atoms with Gasteiger partial charge >= 0.3 is 0 Å². The highest BCUT2D eigenvalue weighted by Gasteiger charge is 2.20. The minimum atomic E-state index is -0.159. The summed E-state index contributed by atoms with van der Waals surface area (Å²) in [5.41, 5.74) is 10.5. The highest BCUT2D eigenvalue weighted by atomic mass is 35.5. The Bertz CT molecular complexity index is 886. The van der Waals surface area contributed by atoms with Gasteiger partial charge in [0.15, 0.2) is 0 Å². The van der Waals surface area contributed by atoms with Crippen LogP contribution in [-0.4, -0.2) is 9.38 Å². The van der Waals surface area contributed by atoms with Crippen molar-refractivity contribution in [3.63, 3.8) is 0 Å². The average Bonchev–Trinajstić information content (AvgIpc) is 2.85. The Labute approximate surface area is 134 Å². The third-order valence-corrected chi connectivity index (χ3v) is 4.01. The number of imidazole rings is 1. The van der Waals surface area contributed by atoms with Gasteiger partial charge < -0.3 is 5.73 Å². The number of rotatable bonds is 2. The maximum absolute atomic E-state index is 6.45. The average molecular weight is 310 g/mol. The zero-order valence-electron chi connectivity index (χ0n) is 12.5. The third-order valence-electron chi connectivity index (χ3n) is 3.73. The first-order chi connectivity index (χ1) is 10.5. The summed E-state index contributed by atoms with van der Waals surface area (Å²) in [5.74, 6) is 3.41. The lowest BCUT2D eigenvalue weighted by molar-refractivity contribution is 0.810. The lowest BCUT2D eigenvalue weighted by atomic mass is 10.0. The molecule has 1 aromatic carbocycles. The topological polar surface area (TPSA) is 43.3 Å². The maximum Gasteiger partial charge on any atom is 0.140 e. The largest absolute Gasteiger partial charge is 0.324 e. The molecular formula is C18H16ClN3. The Morgan fingerprint density at radius 3 is 2.59 bits per heavy atom. The van der Waals surface area contributed by atoms with E-state index < -0.39 is 0 Å². The number of benzene rings is 1. The van der Waals surface area contributed by atoms with Gasteiger partial charge in [0.1, 0.15) is 17.0 Å². The molecule has 1 atom stereocenters. The molecule has 0 saturated heterocycles. The third kappa shape index (κ3) is 2.18. The normalized spacial score (nSPS) is 12.3. The van der Waals surface area contributed by atoms with Gasteiger partial charge in [0, 0.05) is 6.04 Å². The van der Waals surface area contributed by atoms with E-state index in [1.165, 1.54) is 0 Å². The number of terminal acetylenes is 1. The molecule has 2 aromatic heterocycles. The summed E-state index contributed by atoms with van der Waals surface area (Å²) in [6.07, 6.45) is 5.58. The molecule has 3 rings (SSSR count). The summed E-state index contributed by atoms with van der Waals surface area (Å²) in [7, 11) is 0. The lowest BCUT2D eigenvalue weighted by Gasteiger charge is -2.17.